The molecule has 27 heavy (non-hydrogen) atoms. The summed E-state index contributed by atoms with van der Waals surface area (Å²) in [6.45, 7) is 5.13. The van der Waals surface area contributed by atoms with Crippen LogP contribution in [-0.4, -0.2) is 26.5 Å². The maximum Gasteiger partial charge on any atom is 0.258 e. The van der Waals surface area contributed by atoms with E-state index in [2.05, 4.69) is 10.0 Å². The lowest BCUT2D eigenvalue weighted by atomic mass is 10.1. The monoisotopic (exact) mass is 410 g/mol. The molecule has 2 rings (SSSR count). The van der Waals surface area contributed by atoms with Crippen LogP contribution in [0.2, 0.25) is 5.02 Å². The maximum absolute atomic E-state index is 12.6. The van der Waals surface area contributed by atoms with Crippen LogP contribution in [0.3, 0.4) is 0 Å². The quantitative estimate of drug-likeness (QED) is 0.734. The van der Waals surface area contributed by atoms with Gasteiger partial charge in [-0.2, -0.15) is 0 Å². The van der Waals surface area contributed by atoms with Crippen LogP contribution in [0, 0.1) is 0 Å². The number of rotatable bonds is 7. The van der Waals surface area contributed by atoms with Gasteiger partial charge in [-0.25, -0.2) is 13.1 Å². The van der Waals surface area contributed by atoms with Crippen molar-refractivity contribution in [1.82, 2.24) is 10.0 Å². The van der Waals surface area contributed by atoms with Gasteiger partial charge in [0.1, 0.15) is 5.75 Å². The molecule has 0 aliphatic carbocycles. The number of halogens is 1. The van der Waals surface area contributed by atoms with Gasteiger partial charge >= 0.3 is 0 Å². The Balaban J connectivity index is 2.02. The van der Waals surface area contributed by atoms with Gasteiger partial charge in [-0.3, -0.25) is 4.79 Å². The van der Waals surface area contributed by atoms with Gasteiger partial charge < -0.3 is 10.1 Å². The number of hydrogen-bond donors (Lipinski definition) is 2. The average molecular weight is 411 g/mol. The topological polar surface area (TPSA) is 84.5 Å². The van der Waals surface area contributed by atoms with Crippen LogP contribution in [-0.2, 0) is 21.4 Å². The molecule has 0 fully saturated rings. The zero-order valence-electron chi connectivity index (χ0n) is 15.5. The van der Waals surface area contributed by atoms with Crippen LogP contribution >= 0.6 is 11.6 Å². The molecule has 0 aliphatic heterocycles. The minimum Gasteiger partial charge on any atom is -0.482 e. The molecular formula is C19H23ClN2O4S. The number of nitrogens with one attached hydrogen (secondary N) is 2. The molecule has 6 nitrogen and oxygen atoms in total. The van der Waals surface area contributed by atoms with Gasteiger partial charge in [0.15, 0.2) is 6.61 Å². The van der Waals surface area contributed by atoms with Gasteiger partial charge in [0.25, 0.3) is 5.91 Å². The number of ether oxygens (including phenoxy) is 1. The predicted octanol–water partition coefficient (Wildman–Crippen LogP) is 3.11. The molecule has 0 saturated heterocycles. The summed E-state index contributed by atoms with van der Waals surface area (Å²) in [4.78, 5) is 12.2. The molecule has 8 heteroatoms. The highest BCUT2D eigenvalue weighted by Gasteiger charge is 2.24. The van der Waals surface area contributed by atoms with Crippen molar-refractivity contribution in [2.24, 2.45) is 0 Å². The van der Waals surface area contributed by atoms with Crippen molar-refractivity contribution in [3.8, 4) is 5.75 Å². The van der Waals surface area contributed by atoms with E-state index in [1.165, 1.54) is 6.07 Å². The molecule has 0 unspecified atom stereocenters. The number of hydrogen-bond acceptors (Lipinski definition) is 4. The fourth-order valence-electron chi connectivity index (χ4n) is 2.32. The molecule has 0 heterocycles. The van der Waals surface area contributed by atoms with Gasteiger partial charge in [-0.15, -0.1) is 0 Å². The highest BCUT2D eigenvalue weighted by Crippen LogP contribution is 2.23. The molecule has 2 aromatic carbocycles. The Morgan fingerprint density at radius 3 is 2.37 bits per heavy atom. The van der Waals surface area contributed by atoms with E-state index in [1.807, 2.05) is 0 Å². The number of sulfonamides is 1. The Labute approximate surface area is 164 Å². The molecule has 2 N–H and O–H groups in total. The molecule has 0 radical (unpaired) electrons. The summed E-state index contributed by atoms with van der Waals surface area (Å²) in [5.41, 5.74) is -0.127. The Kier molecular flexibility index (Phi) is 6.86. The van der Waals surface area contributed by atoms with Crippen molar-refractivity contribution in [2.45, 2.75) is 37.8 Å². The summed E-state index contributed by atoms with van der Waals surface area (Å²) in [5, 5.41) is 3.08. The summed E-state index contributed by atoms with van der Waals surface area (Å²) in [5.74, 6) is 0.0255. The Morgan fingerprint density at radius 2 is 1.70 bits per heavy atom. The standard InChI is InChI=1S/C19H23ClN2O4S/c1-19(2,3)22-27(24,25)17-11-7-4-8-14(17)12-21-18(23)13-26-16-10-6-5-9-15(16)20/h4-11,22H,12-13H2,1-3H3,(H,21,23). The number of para-hydroxylation sites is 1. The van der Waals surface area contributed by atoms with Crippen LogP contribution < -0.4 is 14.8 Å². The van der Waals surface area contributed by atoms with E-state index in [0.717, 1.165) is 0 Å². The predicted molar refractivity (Wildman–Crippen MR) is 105 cm³/mol. The first-order valence-electron chi connectivity index (χ1n) is 8.34. The second-order valence-corrected chi connectivity index (χ2v) is 9.02. The lowest BCUT2D eigenvalue weighted by Gasteiger charge is -2.21. The van der Waals surface area contributed by atoms with Crippen LogP contribution in [0.1, 0.15) is 26.3 Å². The molecule has 0 aromatic heterocycles. The average Bonchev–Trinajstić information content (AvgIpc) is 2.57. The van der Waals surface area contributed by atoms with E-state index in [0.29, 0.717) is 16.3 Å². The summed E-state index contributed by atoms with van der Waals surface area (Å²) in [6, 6.07) is 13.4. The van der Waals surface area contributed by atoms with Crippen LogP contribution in [0.4, 0.5) is 0 Å². The van der Waals surface area contributed by atoms with Gasteiger partial charge in [0.05, 0.1) is 9.92 Å². The first-order valence-corrected chi connectivity index (χ1v) is 10.2. The minimum absolute atomic E-state index is 0.0614. The molecule has 1 amide bonds. The third-order valence-corrected chi connectivity index (χ3v) is 5.54. The molecule has 146 valence electrons. The highest BCUT2D eigenvalue weighted by atomic mass is 35.5. The smallest absolute Gasteiger partial charge is 0.258 e. The normalized spacial score (nSPS) is 11.9. The summed E-state index contributed by atoms with van der Waals surface area (Å²) in [7, 11) is -3.71. The van der Waals surface area contributed by atoms with E-state index in [9.17, 15) is 13.2 Å². The van der Waals surface area contributed by atoms with Gasteiger partial charge in [0, 0.05) is 12.1 Å². The Morgan fingerprint density at radius 1 is 1.07 bits per heavy atom. The largest absolute Gasteiger partial charge is 0.482 e. The molecule has 0 bridgehead atoms. The molecule has 2 aromatic rings. The van der Waals surface area contributed by atoms with Crippen molar-refractivity contribution in [2.75, 3.05) is 6.61 Å². The molecule has 0 saturated carbocycles. The van der Waals surface area contributed by atoms with Crippen molar-refractivity contribution in [3.05, 3.63) is 59.1 Å². The van der Waals surface area contributed by atoms with Crippen molar-refractivity contribution < 1.29 is 17.9 Å². The third-order valence-electron chi connectivity index (χ3n) is 3.37. The summed E-state index contributed by atoms with van der Waals surface area (Å²) < 4.78 is 33.2. The number of carbonyl (C=O) groups excluding carboxylic acids is 1. The van der Waals surface area contributed by atoms with Crippen LogP contribution in [0.25, 0.3) is 0 Å². The zero-order chi connectivity index (χ0) is 20.1. The first kappa shape index (κ1) is 21.2. The number of amides is 1. The first-order chi connectivity index (χ1) is 12.6. The molecular weight excluding hydrogens is 388 g/mol. The van der Waals surface area contributed by atoms with Crippen LogP contribution in [0.5, 0.6) is 5.75 Å². The van der Waals surface area contributed by atoms with E-state index >= 15 is 0 Å². The Hall–Kier alpha value is -2.09. The SMILES string of the molecule is CC(C)(C)NS(=O)(=O)c1ccccc1CNC(=O)COc1ccccc1Cl. The van der Waals surface area contributed by atoms with Gasteiger partial charge in [-0.05, 0) is 44.5 Å². The van der Waals surface area contributed by atoms with Crippen LogP contribution in [0.15, 0.2) is 53.4 Å². The second kappa shape index (κ2) is 8.73. The third kappa shape index (κ3) is 6.53. The summed E-state index contributed by atoms with van der Waals surface area (Å²) in [6.07, 6.45) is 0. The molecule has 0 atom stereocenters. The van der Waals surface area contributed by atoms with E-state index in [4.69, 9.17) is 16.3 Å². The van der Waals surface area contributed by atoms with Crippen molar-refractivity contribution >= 4 is 27.5 Å². The van der Waals surface area contributed by atoms with Gasteiger partial charge in [-0.1, -0.05) is 41.9 Å². The minimum atomic E-state index is -3.71. The fraction of sp³-hybridized carbons (Fsp3) is 0.316. The van der Waals surface area contributed by atoms with E-state index < -0.39 is 15.6 Å². The van der Waals surface area contributed by atoms with E-state index in [-0.39, 0.29) is 24.0 Å². The van der Waals surface area contributed by atoms with Crippen molar-refractivity contribution in [1.29, 1.82) is 0 Å². The fourth-order valence-corrected chi connectivity index (χ4v) is 4.17. The van der Waals surface area contributed by atoms with Crippen molar-refractivity contribution in [3.63, 3.8) is 0 Å². The van der Waals surface area contributed by atoms with E-state index in [1.54, 1.807) is 63.2 Å². The van der Waals surface area contributed by atoms with Gasteiger partial charge in [0.2, 0.25) is 10.0 Å². The Bertz CT molecular complexity index is 908. The second-order valence-electron chi connectivity index (χ2n) is 6.96. The highest BCUT2D eigenvalue weighted by molar-refractivity contribution is 7.89. The number of benzene rings is 2. The maximum atomic E-state index is 12.6. The number of carbonyl (C=O) groups is 1. The zero-order valence-corrected chi connectivity index (χ0v) is 17.0. The molecule has 0 spiro atoms. The lowest BCUT2D eigenvalue weighted by Crippen LogP contribution is -2.41. The lowest BCUT2D eigenvalue weighted by molar-refractivity contribution is -0.123. The summed E-state index contributed by atoms with van der Waals surface area (Å²) >= 11 is 5.97. The molecule has 0 aliphatic rings.